The second-order valence-corrected chi connectivity index (χ2v) is 10.5. The Hall–Kier alpha value is -4.60. The summed E-state index contributed by atoms with van der Waals surface area (Å²) in [6, 6.07) is 20.1. The lowest BCUT2D eigenvalue weighted by Gasteiger charge is -2.11. The molecule has 0 aliphatic rings. The second-order valence-electron chi connectivity index (χ2n) is 10.5. The van der Waals surface area contributed by atoms with Crippen LogP contribution in [0.25, 0.3) is 34.1 Å². The van der Waals surface area contributed by atoms with Gasteiger partial charge in [0.25, 0.3) is 0 Å². The van der Waals surface area contributed by atoms with Crippen LogP contribution in [0.4, 0.5) is 11.9 Å². The van der Waals surface area contributed by atoms with Crippen molar-refractivity contribution in [2.24, 2.45) is 11.8 Å². The molecule has 0 aliphatic heterocycles. The molecule has 0 saturated heterocycles. The number of benzene rings is 2. The molecule has 5 aromatic rings. The van der Waals surface area contributed by atoms with E-state index < -0.39 is 0 Å². The van der Waals surface area contributed by atoms with Gasteiger partial charge >= 0.3 is 0 Å². The summed E-state index contributed by atoms with van der Waals surface area (Å²) in [5.74, 6) is 3.79. The molecular weight excluding hydrogens is 502 g/mol. The summed E-state index contributed by atoms with van der Waals surface area (Å²) in [5, 5.41) is 15.2. The Kier molecular flexibility index (Phi) is 8.44. The third-order valence-electron chi connectivity index (χ3n) is 6.05. The summed E-state index contributed by atoms with van der Waals surface area (Å²) in [4.78, 5) is 18.6. The largest absolute Gasteiger partial charge is 0.440 e. The van der Waals surface area contributed by atoms with E-state index in [1.54, 1.807) is 4.68 Å². The Balaban J connectivity index is 1.35. The molecule has 2 aromatic carbocycles. The third kappa shape index (κ3) is 6.88. The van der Waals surface area contributed by atoms with E-state index in [2.05, 4.69) is 63.6 Å². The van der Waals surface area contributed by atoms with Gasteiger partial charge in [-0.15, -0.1) is 5.10 Å². The van der Waals surface area contributed by atoms with Crippen molar-refractivity contribution in [1.29, 1.82) is 0 Å². The van der Waals surface area contributed by atoms with Gasteiger partial charge in [-0.25, -0.2) is 4.98 Å². The molecule has 0 bridgehead atoms. The predicted octanol–water partition coefficient (Wildman–Crippen LogP) is 5.83. The molecule has 2 N–H and O–H groups in total. The van der Waals surface area contributed by atoms with Gasteiger partial charge in [0.1, 0.15) is 5.69 Å². The zero-order valence-corrected chi connectivity index (χ0v) is 23.4. The SMILES string of the molecule is CC(C)CNc1nc(NCC(C)C)nc(-c2cn(CCc3nc(-c4ccccc4)c(-c4ccccc4)o3)nn2)n1. The van der Waals surface area contributed by atoms with Crippen molar-refractivity contribution in [3.05, 3.63) is 72.8 Å². The van der Waals surface area contributed by atoms with E-state index in [1.165, 1.54) is 0 Å². The first-order valence-electron chi connectivity index (χ1n) is 13.7. The van der Waals surface area contributed by atoms with Crippen LogP contribution >= 0.6 is 0 Å². The molecule has 0 aliphatic carbocycles. The van der Waals surface area contributed by atoms with Gasteiger partial charge in [0.2, 0.25) is 11.9 Å². The smallest absolute Gasteiger partial charge is 0.228 e. The van der Waals surface area contributed by atoms with Crippen molar-refractivity contribution in [3.8, 4) is 34.1 Å². The summed E-state index contributed by atoms with van der Waals surface area (Å²) < 4.78 is 8.03. The lowest BCUT2D eigenvalue weighted by atomic mass is 10.1. The Morgan fingerprint density at radius 2 is 1.35 bits per heavy atom. The molecule has 0 unspecified atom stereocenters. The highest BCUT2D eigenvalue weighted by molar-refractivity contribution is 5.76. The summed E-state index contributed by atoms with van der Waals surface area (Å²) in [5.41, 5.74) is 3.40. The van der Waals surface area contributed by atoms with Gasteiger partial charge in [-0.3, -0.25) is 4.68 Å². The van der Waals surface area contributed by atoms with E-state index in [0.29, 0.717) is 54.1 Å². The van der Waals surface area contributed by atoms with E-state index >= 15 is 0 Å². The second kappa shape index (κ2) is 12.5. The highest BCUT2D eigenvalue weighted by atomic mass is 16.4. The maximum absolute atomic E-state index is 6.27. The average Bonchev–Trinajstić information content (AvgIpc) is 3.62. The van der Waals surface area contributed by atoms with Crippen LogP contribution in [-0.4, -0.2) is 48.0 Å². The van der Waals surface area contributed by atoms with Crippen LogP contribution in [0, 0.1) is 11.8 Å². The Morgan fingerprint density at radius 1 is 0.750 bits per heavy atom. The van der Waals surface area contributed by atoms with Crippen LogP contribution in [-0.2, 0) is 13.0 Å². The monoisotopic (exact) mass is 537 g/mol. The first kappa shape index (κ1) is 27.0. The zero-order chi connectivity index (χ0) is 27.9. The van der Waals surface area contributed by atoms with Gasteiger partial charge in [0.05, 0.1) is 12.7 Å². The fourth-order valence-electron chi connectivity index (χ4n) is 4.01. The van der Waals surface area contributed by atoms with E-state index in [-0.39, 0.29) is 0 Å². The van der Waals surface area contributed by atoms with Gasteiger partial charge < -0.3 is 15.1 Å². The highest BCUT2D eigenvalue weighted by Gasteiger charge is 2.18. The van der Waals surface area contributed by atoms with Crippen molar-refractivity contribution in [2.75, 3.05) is 23.7 Å². The van der Waals surface area contributed by atoms with Gasteiger partial charge in [-0.1, -0.05) is 93.6 Å². The van der Waals surface area contributed by atoms with Gasteiger partial charge in [0.15, 0.2) is 23.2 Å². The Morgan fingerprint density at radius 3 is 1.95 bits per heavy atom. The minimum Gasteiger partial charge on any atom is -0.440 e. The van der Waals surface area contributed by atoms with E-state index in [9.17, 15) is 0 Å². The number of nitrogens with zero attached hydrogens (tertiary/aromatic N) is 7. The lowest BCUT2D eigenvalue weighted by molar-refractivity contribution is 0.471. The van der Waals surface area contributed by atoms with Gasteiger partial charge in [0, 0.05) is 30.6 Å². The molecule has 10 heteroatoms. The van der Waals surface area contributed by atoms with E-state index in [0.717, 1.165) is 35.7 Å². The molecule has 0 radical (unpaired) electrons. The normalized spacial score (nSPS) is 11.3. The summed E-state index contributed by atoms with van der Waals surface area (Å²) >= 11 is 0. The number of oxazole rings is 1. The quantitative estimate of drug-likeness (QED) is 0.202. The van der Waals surface area contributed by atoms with Crippen LogP contribution in [0.2, 0.25) is 0 Å². The molecule has 10 nitrogen and oxygen atoms in total. The molecule has 0 amide bonds. The standard InChI is InChI=1S/C30H35N9O/c1-20(2)17-31-29-34-28(35-30(36-29)32-18-21(3)4)24-19-39(38-37-24)16-15-25-33-26(22-11-7-5-8-12-22)27(40-25)23-13-9-6-10-14-23/h5-14,19-21H,15-18H2,1-4H3,(H2,31,32,34,35,36). The molecule has 0 atom stereocenters. The van der Waals surface area contributed by atoms with Gasteiger partial charge in [-0.2, -0.15) is 15.0 Å². The number of rotatable bonds is 12. The minimum atomic E-state index is 0.452. The number of aryl methyl sites for hydroxylation is 2. The Labute approximate surface area is 234 Å². The fraction of sp³-hybridized carbons (Fsp3) is 0.333. The summed E-state index contributed by atoms with van der Waals surface area (Å²) in [6.45, 7) is 10.6. The van der Waals surface area contributed by atoms with Crippen LogP contribution in [0.15, 0.2) is 71.3 Å². The maximum Gasteiger partial charge on any atom is 0.228 e. The highest BCUT2D eigenvalue weighted by Crippen LogP contribution is 2.32. The number of hydrogen-bond acceptors (Lipinski definition) is 9. The first-order valence-corrected chi connectivity index (χ1v) is 13.7. The molecule has 206 valence electrons. The average molecular weight is 538 g/mol. The molecular formula is C30H35N9O. The molecule has 40 heavy (non-hydrogen) atoms. The fourth-order valence-corrected chi connectivity index (χ4v) is 4.01. The van der Waals surface area contributed by atoms with Crippen molar-refractivity contribution >= 4 is 11.9 Å². The third-order valence-corrected chi connectivity index (χ3v) is 6.05. The van der Waals surface area contributed by atoms with Crippen LogP contribution in [0.3, 0.4) is 0 Å². The van der Waals surface area contributed by atoms with Crippen molar-refractivity contribution in [1.82, 2.24) is 34.9 Å². The number of hydrogen-bond donors (Lipinski definition) is 2. The van der Waals surface area contributed by atoms with Crippen molar-refractivity contribution in [2.45, 2.75) is 40.7 Å². The molecule has 0 saturated carbocycles. The predicted molar refractivity (Wildman–Crippen MR) is 157 cm³/mol. The molecule has 5 rings (SSSR count). The Bertz CT molecular complexity index is 1420. The van der Waals surface area contributed by atoms with Crippen molar-refractivity contribution in [3.63, 3.8) is 0 Å². The summed E-state index contributed by atoms with van der Waals surface area (Å²) in [7, 11) is 0. The van der Waals surface area contributed by atoms with Gasteiger partial charge in [-0.05, 0) is 11.8 Å². The van der Waals surface area contributed by atoms with Crippen LogP contribution < -0.4 is 10.6 Å². The van der Waals surface area contributed by atoms with Crippen LogP contribution in [0.5, 0.6) is 0 Å². The number of aromatic nitrogens is 7. The molecule has 0 fully saturated rings. The zero-order valence-electron chi connectivity index (χ0n) is 23.4. The van der Waals surface area contributed by atoms with Crippen LogP contribution in [0.1, 0.15) is 33.6 Å². The molecule has 3 aromatic heterocycles. The molecule has 0 spiro atoms. The molecule has 3 heterocycles. The summed E-state index contributed by atoms with van der Waals surface area (Å²) in [6.07, 6.45) is 2.39. The minimum absolute atomic E-state index is 0.452. The van der Waals surface area contributed by atoms with E-state index in [4.69, 9.17) is 9.40 Å². The topological polar surface area (TPSA) is 119 Å². The number of nitrogens with one attached hydrogen (secondary N) is 2. The van der Waals surface area contributed by atoms with Crippen molar-refractivity contribution < 1.29 is 4.42 Å². The maximum atomic E-state index is 6.27. The lowest BCUT2D eigenvalue weighted by Crippen LogP contribution is -2.15. The van der Waals surface area contributed by atoms with E-state index in [1.807, 2.05) is 66.9 Å². The first-order chi connectivity index (χ1) is 19.4. The number of anilines is 2.